The Balaban J connectivity index is 0. The topological polar surface area (TPSA) is 228 Å². The van der Waals surface area contributed by atoms with Crippen molar-refractivity contribution in [2.75, 3.05) is 7.11 Å². The average molecular weight is 965 g/mol. The van der Waals surface area contributed by atoms with Crippen molar-refractivity contribution < 1.29 is 84.3 Å². The molecule has 0 saturated carbocycles. The molecule has 374 valence electrons. The number of nitrogens with one attached hydrogen (secondary N) is 1. The first-order chi connectivity index (χ1) is 31.9. The monoisotopic (exact) mass is 965 g/mol. The van der Waals surface area contributed by atoms with E-state index in [-0.39, 0.29) is 54.3 Å². The smallest absolute Gasteiger partial charge is 0.870 e. The number of esters is 1. The van der Waals surface area contributed by atoms with Crippen molar-refractivity contribution in [1.82, 2.24) is 5.48 Å². The Morgan fingerprint density at radius 3 is 1.13 bits per heavy atom. The van der Waals surface area contributed by atoms with E-state index in [0.29, 0.717) is 32.5 Å². The molecule has 0 spiro atoms. The number of aliphatic hydroxyl groups excluding tert-OH is 3. The van der Waals surface area contributed by atoms with E-state index >= 15 is 0 Å². The number of carbonyl (C=O) groups is 3. The molecule has 5 aromatic rings. The maximum Gasteiger partial charge on any atom is 1.00 e. The van der Waals surface area contributed by atoms with Crippen LogP contribution in [0.4, 0.5) is 0 Å². The van der Waals surface area contributed by atoms with Crippen LogP contribution in [0.2, 0.25) is 0 Å². The van der Waals surface area contributed by atoms with Crippen LogP contribution in [-0.2, 0) is 61.3 Å². The third kappa shape index (κ3) is 30.5. The molecule has 6 atom stereocenters. The zero-order valence-electron chi connectivity index (χ0n) is 40.4. The van der Waals surface area contributed by atoms with Gasteiger partial charge in [-0.15, -0.1) is 0 Å². The van der Waals surface area contributed by atoms with Crippen LogP contribution in [0.5, 0.6) is 0 Å². The summed E-state index contributed by atoms with van der Waals surface area (Å²) in [6.45, 7) is 5.60. The minimum absolute atomic E-state index is 0. The molecule has 8 N–H and O–H groups in total. The van der Waals surface area contributed by atoms with E-state index in [9.17, 15) is 29.7 Å². The maximum absolute atomic E-state index is 12.2. The number of amides is 1. The van der Waals surface area contributed by atoms with Gasteiger partial charge in [0.25, 0.3) is 0 Å². The molecular formula is C55H77N2NaO11. The van der Waals surface area contributed by atoms with E-state index in [4.69, 9.17) is 15.8 Å². The van der Waals surface area contributed by atoms with Gasteiger partial charge in [-0.1, -0.05) is 159 Å². The van der Waals surface area contributed by atoms with E-state index in [2.05, 4.69) is 39.3 Å². The standard InChI is InChI=1S/C20H25NO3.C14H20O3.C13H18O3.C7H9NO.CH4.Na.H2O/c1-16(22)19(14-8-13-17-9-4-2-5-10-17)20(23)21-24-15-18-11-6-3-7-12-18;1-11(15)13(14(16)17-2)10-6-9-12-7-4-3-5-8-12;1-10(14)12(13(15)16)9-5-8-11-6-3-2-4-7-11;8-9-6-7-4-2-1-3-5-7;;;/h2-7,9-12,16,19,22H,8,13-15H2,1H3,(H,21,23);3-5,7-8,11,13,15H,6,9-10H2,1-2H3;2-4,6-7,10,12,14H,5,8-9H2,1H3,(H,15,16);1-5H,6,8H2;1H4;;1H2/q;;;;;+1;/p-1/t16-,19-;11-,13-;10-,12-;;;;/m111..../s1. The van der Waals surface area contributed by atoms with Gasteiger partial charge in [0.2, 0.25) is 5.91 Å². The van der Waals surface area contributed by atoms with E-state index in [0.717, 1.165) is 49.7 Å². The van der Waals surface area contributed by atoms with Gasteiger partial charge in [0.1, 0.15) is 0 Å². The summed E-state index contributed by atoms with van der Waals surface area (Å²) in [6.07, 6.45) is 4.80. The molecule has 0 aliphatic rings. The number of hydrogen-bond donors (Lipinski definition) is 6. The van der Waals surface area contributed by atoms with E-state index < -0.39 is 42.0 Å². The number of benzene rings is 5. The van der Waals surface area contributed by atoms with Crippen molar-refractivity contribution in [2.45, 2.75) is 118 Å². The normalized spacial score (nSPS) is 12.6. The van der Waals surface area contributed by atoms with Gasteiger partial charge in [-0.25, -0.2) is 11.4 Å². The number of hydroxylamine groups is 1. The second-order valence-corrected chi connectivity index (χ2v) is 16.1. The molecule has 0 unspecified atom stereocenters. The Morgan fingerprint density at radius 2 is 0.826 bits per heavy atom. The number of carboxylic acid groups (broad SMARTS) is 1. The summed E-state index contributed by atoms with van der Waals surface area (Å²) in [5.74, 6) is 1.82. The minimum atomic E-state index is -0.914. The second-order valence-electron chi connectivity index (χ2n) is 16.1. The van der Waals surface area contributed by atoms with E-state index in [1.165, 1.54) is 30.7 Å². The van der Waals surface area contributed by atoms with Gasteiger partial charge < -0.3 is 30.6 Å². The molecule has 5 rings (SSSR count). The number of nitrogens with two attached hydrogens (primary N) is 1. The van der Waals surface area contributed by atoms with Crippen molar-refractivity contribution in [3.8, 4) is 0 Å². The number of aliphatic hydroxyl groups is 3. The third-order valence-corrected chi connectivity index (χ3v) is 10.7. The summed E-state index contributed by atoms with van der Waals surface area (Å²) in [5, 5.41) is 37.6. The molecule has 69 heavy (non-hydrogen) atoms. The summed E-state index contributed by atoms with van der Waals surface area (Å²) in [6, 6.07) is 49.6. The Morgan fingerprint density at radius 1 is 0.522 bits per heavy atom. The SMILES string of the molecule is C.COC(=O)[C@H](CCCc1ccccc1)[C@@H](C)O.C[C@@H](O)[C@@H](CCCc1ccccc1)C(=O)NOCc1ccccc1.C[C@@H](O)[C@@H](CCCc1ccccc1)C(=O)O.NOCc1ccccc1.[Na+].[OH-]. The summed E-state index contributed by atoms with van der Waals surface area (Å²) < 4.78 is 4.68. The van der Waals surface area contributed by atoms with Crippen molar-refractivity contribution in [1.29, 1.82) is 0 Å². The summed E-state index contributed by atoms with van der Waals surface area (Å²) in [5.41, 5.74) is 8.24. The zero-order valence-corrected chi connectivity index (χ0v) is 42.4. The molecule has 0 aliphatic heterocycles. The average Bonchev–Trinajstić information content (AvgIpc) is 3.32. The second kappa shape index (κ2) is 41.1. The first-order valence-electron chi connectivity index (χ1n) is 22.6. The van der Waals surface area contributed by atoms with Crippen LogP contribution in [0, 0.1) is 17.8 Å². The zero-order chi connectivity index (χ0) is 48.4. The Hall–Kier alpha value is -4.77. The molecule has 0 saturated heterocycles. The predicted octanol–water partition coefficient (Wildman–Crippen LogP) is 6.06. The van der Waals surface area contributed by atoms with Crippen molar-refractivity contribution >= 4 is 17.8 Å². The fourth-order valence-corrected chi connectivity index (χ4v) is 6.89. The molecule has 0 aliphatic carbocycles. The van der Waals surface area contributed by atoms with E-state index in [1.54, 1.807) is 13.8 Å². The number of aryl methyl sites for hydroxylation is 3. The van der Waals surface area contributed by atoms with Crippen LogP contribution >= 0.6 is 0 Å². The number of aliphatic carboxylic acids is 1. The van der Waals surface area contributed by atoms with Gasteiger partial charge in [-0.3, -0.25) is 24.1 Å². The van der Waals surface area contributed by atoms with Gasteiger partial charge in [-0.2, -0.15) is 0 Å². The van der Waals surface area contributed by atoms with Gasteiger partial charge in [-0.05, 0) is 106 Å². The van der Waals surface area contributed by atoms with Gasteiger partial charge in [0.15, 0.2) is 0 Å². The number of hydrogen-bond acceptors (Lipinski definition) is 11. The van der Waals surface area contributed by atoms with Crippen LogP contribution in [0.3, 0.4) is 0 Å². The quantitative estimate of drug-likeness (QED) is 0.0249. The number of carboxylic acids is 1. The van der Waals surface area contributed by atoms with Crippen LogP contribution < -0.4 is 40.9 Å². The number of ether oxygens (including phenoxy) is 1. The molecule has 5 aromatic carbocycles. The fraction of sp³-hybridized carbons (Fsp3) is 0.400. The molecular weight excluding hydrogens is 888 g/mol. The Labute approximate surface area is 433 Å². The van der Waals surface area contributed by atoms with E-state index in [1.807, 2.05) is 127 Å². The van der Waals surface area contributed by atoms with Gasteiger partial charge in [0.05, 0.1) is 56.4 Å². The maximum atomic E-state index is 12.2. The van der Waals surface area contributed by atoms with Gasteiger partial charge >= 0.3 is 41.5 Å². The first kappa shape index (κ1) is 66.3. The molecule has 0 aromatic heterocycles. The van der Waals surface area contributed by atoms with Crippen molar-refractivity contribution in [3.63, 3.8) is 0 Å². The van der Waals surface area contributed by atoms with Crippen LogP contribution in [0.25, 0.3) is 0 Å². The molecule has 0 radical (unpaired) electrons. The summed E-state index contributed by atoms with van der Waals surface area (Å²) >= 11 is 0. The van der Waals surface area contributed by atoms with Gasteiger partial charge in [0, 0.05) is 0 Å². The largest absolute Gasteiger partial charge is 1.00 e. The molecule has 13 nitrogen and oxygen atoms in total. The van der Waals surface area contributed by atoms with Crippen LogP contribution in [0.15, 0.2) is 152 Å². The molecule has 0 bridgehead atoms. The Bertz CT molecular complexity index is 1980. The van der Waals surface area contributed by atoms with Crippen LogP contribution in [0.1, 0.15) is 94.5 Å². The predicted molar refractivity (Wildman–Crippen MR) is 267 cm³/mol. The van der Waals surface area contributed by atoms with Crippen LogP contribution in [-0.4, -0.2) is 69.2 Å². The molecule has 14 heteroatoms. The number of rotatable bonds is 23. The molecule has 1 amide bonds. The first-order valence-corrected chi connectivity index (χ1v) is 22.6. The number of methoxy groups -OCH3 is 1. The summed E-state index contributed by atoms with van der Waals surface area (Å²) in [4.78, 5) is 44.2. The third-order valence-electron chi connectivity index (χ3n) is 10.7. The minimum Gasteiger partial charge on any atom is -0.870 e. The van der Waals surface area contributed by atoms with Crippen molar-refractivity contribution in [2.24, 2.45) is 23.7 Å². The fourth-order valence-electron chi connectivity index (χ4n) is 6.89. The number of carbonyl (C=O) groups excluding carboxylic acids is 2. The molecule has 0 fully saturated rings. The molecule has 0 heterocycles. The van der Waals surface area contributed by atoms with Crippen molar-refractivity contribution in [3.05, 3.63) is 179 Å². The summed E-state index contributed by atoms with van der Waals surface area (Å²) in [7, 11) is 1.36. The Kier molecular flexibility index (Phi) is 39.5.